The van der Waals surface area contributed by atoms with Crippen molar-refractivity contribution in [2.75, 3.05) is 40.6 Å². The van der Waals surface area contributed by atoms with E-state index in [4.69, 9.17) is 37.5 Å². The SMILES string of the molecule is COC(=O)CCC(C)(c1ccc(OCC2CO2)cc1)c1ccc(OP(=O)(Oc2ccc(C(C)(CCC(=O)OC)c3ccc(OCC4CO4)cc3)cc2)c2ccccc2)cc1. The van der Waals surface area contributed by atoms with Crippen molar-refractivity contribution in [3.63, 3.8) is 0 Å². The summed E-state index contributed by atoms with van der Waals surface area (Å²) in [6.45, 7) is 6.60. The van der Waals surface area contributed by atoms with E-state index in [1.165, 1.54) is 14.2 Å². The molecule has 0 aromatic heterocycles. The minimum absolute atomic E-state index is 0.147. The minimum Gasteiger partial charge on any atom is -0.491 e. The average Bonchev–Trinajstić information content (AvgIpc) is 4.24. The van der Waals surface area contributed by atoms with E-state index >= 15 is 0 Å². The van der Waals surface area contributed by atoms with Crippen LogP contribution in [0.25, 0.3) is 0 Å². The third-order valence-corrected chi connectivity index (χ3v) is 13.1. The molecule has 7 rings (SSSR count). The molecule has 2 aliphatic rings. The Hall–Kier alpha value is -5.61. The van der Waals surface area contributed by atoms with Gasteiger partial charge in [-0.1, -0.05) is 80.6 Å². The van der Waals surface area contributed by atoms with Gasteiger partial charge >= 0.3 is 19.5 Å². The van der Waals surface area contributed by atoms with Gasteiger partial charge in [0.1, 0.15) is 48.4 Å². The van der Waals surface area contributed by atoms with Gasteiger partial charge in [0, 0.05) is 23.7 Å². The first-order valence-electron chi connectivity index (χ1n) is 20.1. The molecule has 2 saturated heterocycles. The Kier molecular flexibility index (Phi) is 13.3. The van der Waals surface area contributed by atoms with Gasteiger partial charge in [-0.05, 0) is 95.8 Å². The zero-order valence-electron chi connectivity index (χ0n) is 34.4. The Labute approximate surface area is 351 Å². The minimum atomic E-state index is -4.00. The van der Waals surface area contributed by atoms with Gasteiger partial charge in [0.15, 0.2) is 0 Å². The topological polar surface area (TPSA) is 132 Å². The first kappa shape index (κ1) is 42.5. The number of benzene rings is 5. The van der Waals surface area contributed by atoms with Gasteiger partial charge in [-0.2, -0.15) is 0 Å². The van der Waals surface area contributed by atoms with Crippen LogP contribution in [0, 0.1) is 0 Å². The smallest absolute Gasteiger partial charge is 0.462 e. The number of hydrogen-bond acceptors (Lipinski definition) is 11. The van der Waals surface area contributed by atoms with E-state index in [1.807, 2.05) is 78.9 Å². The number of rotatable bonds is 21. The molecule has 0 N–H and O–H groups in total. The van der Waals surface area contributed by atoms with Crippen molar-refractivity contribution in [2.24, 2.45) is 0 Å². The summed E-state index contributed by atoms with van der Waals surface area (Å²) in [7, 11) is -1.23. The van der Waals surface area contributed by atoms with Gasteiger partial charge in [0.05, 0.1) is 32.7 Å². The Balaban J connectivity index is 1.12. The van der Waals surface area contributed by atoms with Crippen LogP contribution in [0.1, 0.15) is 61.8 Å². The zero-order valence-corrected chi connectivity index (χ0v) is 35.3. The summed E-state index contributed by atoms with van der Waals surface area (Å²) in [4.78, 5) is 24.7. The van der Waals surface area contributed by atoms with E-state index in [9.17, 15) is 14.2 Å². The maximum Gasteiger partial charge on any atom is 0.462 e. The number of epoxide rings is 2. The number of carbonyl (C=O) groups excluding carboxylic acids is 2. The highest BCUT2D eigenvalue weighted by molar-refractivity contribution is 7.63. The summed E-state index contributed by atoms with van der Waals surface area (Å²) in [6, 6.07) is 39.3. The lowest BCUT2D eigenvalue weighted by atomic mass is 9.73. The Morgan fingerprint density at radius 2 is 0.883 bits per heavy atom. The molecule has 0 bridgehead atoms. The molecule has 12 heteroatoms. The third-order valence-electron chi connectivity index (χ3n) is 11.3. The normalized spacial score (nSPS) is 18.4. The Bertz CT molecular complexity index is 2100. The lowest BCUT2D eigenvalue weighted by molar-refractivity contribution is -0.141. The molecule has 2 heterocycles. The monoisotopic (exact) mass is 834 g/mol. The third kappa shape index (κ3) is 10.6. The van der Waals surface area contributed by atoms with E-state index in [1.54, 1.807) is 48.5 Å². The average molecular weight is 835 g/mol. The second-order valence-corrected chi connectivity index (χ2v) is 17.3. The van der Waals surface area contributed by atoms with Crippen molar-refractivity contribution in [1.29, 1.82) is 0 Å². The molecule has 0 amide bonds. The summed E-state index contributed by atoms with van der Waals surface area (Å²) < 4.78 is 59.7. The molecule has 4 unspecified atom stereocenters. The fraction of sp³-hybridized carbons (Fsp3) is 0.333. The molecule has 314 valence electrons. The number of ether oxygens (including phenoxy) is 6. The van der Waals surface area contributed by atoms with Gasteiger partial charge in [0.25, 0.3) is 0 Å². The number of esters is 2. The van der Waals surface area contributed by atoms with Crippen molar-refractivity contribution >= 4 is 24.8 Å². The highest BCUT2D eigenvalue weighted by atomic mass is 31.2. The quantitative estimate of drug-likeness (QED) is 0.0400. The summed E-state index contributed by atoms with van der Waals surface area (Å²) in [5, 5.41) is 0.384. The summed E-state index contributed by atoms with van der Waals surface area (Å²) in [5.41, 5.74) is 2.66. The van der Waals surface area contributed by atoms with Gasteiger partial charge in [-0.25, -0.2) is 4.57 Å². The molecular weight excluding hydrogens is 783 g/mol. The maximum atomic E-state index is 14.9. The van der Waals surface area contributed by atoms with Crippen LogP contribution in [0.15, 0.2) is 127 Å². The maximum absolute atomic E-state index is 14.9. The largest absolute Gasteiger partial charge is 0.491 e. The summed E-state index contributed by atoms with van der Waals surface area (Å²) in [5.74, 6) is 1.56. The van der Waals surface area contributed by atoms with E-state index in [2.05, 4.69) is 13.8 Å². The van der Waals surface area contributed by atoms with Crippen LogP contribution in [-0.2, 0) is 43.9 Å². The second-order valence-electron chi connectivity index (χ2n) is 15.5. The van der Waals surface area contributed by atoms with Crippen LogP contribution in [0.3, 0.4) is 0 Å². The standard InChI is InChI=1S/C48H51O11P/c1-47(28-26-45(49)52-3,34-10-18-38(19-11-34)54-30-42-32-56-42)36-14-22-40(23-15-36)58-60(51,44-8-6-5-7-9-44)59-41-24-16-37(17-25-41)48(2,29-27-46(50)53-4)35-12-20-39(21-13-35)55-31-43-33-57-43/h5-25,42-43H,26-33H2,1-4H3. The van der Waals surface area contributed by atoms with Crippen LogP contribution in [0.4, 0.5) is 0 Å². The lowest BCUT2D eigenvalue weighted by Crippen LogP contribution is -2.25. The number of carbonyl (C=O) groups is 2. The predicted octanol–water partition coefficient (Wildman–Crippen LogP) is 8.74. The molecule has 4 atom stereocenters. The van der Waals surface area contributed by atoms with Gasteiger partial charge in [-0.3, -0.25) is 9.59 Å². The Morgan fingerprint density at radius 1 is 0.550 bits per heavy atom. The second kappa shape index (κ2) is 18.8. The molecule has 0 saturated carbocycles. The highest BCUT2D eigenvalue weighted by Crippen LogP contribution is 2.49. The Morgan fingerprint density at radius 3 is 1.20 bits per heavy atom. The highest BCUT2D eigenvalue weighted by Gasteiger charge is 2.35. The van der Waals surface area contributed by atoms with Crippen molar-refractivity contribution in [3.8, 4) is 23.0 Å². The van der Waals surface area contributed by atoms with Gasteiger partial charge < -0.3 is 37.5 Å². The molecule has 0 aliphatic carbocycles. The molecule has 60 heavy (non-hydrogen) atoms. The van der Waals surface area contributed by atoms with Crippen LogP contribution >= 0.6 is 7.60 Å². The number of hydrogen-bond donors (Lipinski definition) is 0. The molecule has 5 aromatic rings. The fourth-order valence-corrected chi connectivity index (χ4v) is 8.73. The summed E-state index contributed by atoms with van der Waals surface area (Å²) >= 11 is 0. The summed E-state index contributed by atoms with van der Waals surface area (Å²) in [6.07, 6.45) is 1.68. The molecule has 5 aromatic carbocycles. The predicted molar refractivity (Wildman–Crippen MR) is 227 cm³/mol. The number of methoxy groups -OCH3 is 2. The molecule has 2 fully saturated rings. The van der Waals surface area contributed by atoms with Crippen molar-refractivity contribution in [1.82, 2.24) is 0 Å². The van der Waals surface area contributed by atoms with Crippen molar-refractivity contribution in [3.05, 3.63) is 150 Å². The van der Waals surface area contributed by atoms with Gasteiger partial charge in [0.2, 0.25) is 0 Å². The molecule has 0 spiro atoms. The van der Waals surface area contributed by atoms with E-state index < -0.39 is 18.4 Å². The molecular formula is C48H51O11P. The van der Waals surface area contributed by atoms with Crippen LogP contribution in [-0.4, -0.2) is 64.8 Å². The fourth-order valence-electron chi connectivity index (χ4n) is 7.14. The van der Waals surface area contributed by atoms with Crippen molar-refractivity contribution in [2.45, 2.75) is 62.6 Å². The molecule has 2 aliphatic heterocycles. The molecule has 11 nitrogen and oxygen atoms in total. The van der Waals surface area contributed by atoms with Crippen LogP contribution in [0.5, 0.6) is 23.0 Å². The van der Waals surface area contributed by atoms with E-state index in [-0.39, 0.29) is 37.0 Å². The van der Waals surface area contributed by atoms with Gasteiger partial charge in [-0.15, -0.1) is 0 Å². The van der Waals surface area contributed by atoms with E-state index in [0.717, 1.165) is 33.8 Å². The first-order chi connectivity index (χ1) is 29.0. The molecule has 0 radical (unpaired) electrons. The van der Waals surface area contributed by atoms with Crippen LogP contribution in [0.2, 0.25) is 0 Å². The van der Waals surface area contributed by atoms with Crippen molar-refractivity contribution < 1.29 is 51.6 Å². The lowest BCUT2D eigenvalue weighted by Gasteiger charge is -2.31. The van der Waals surface area contributed by atoms with E-state index in [0.29, 0.717) is 56.1 Å². The first-order valence-corrected chi connectivity index (χ1v) is 21.6. The van der Waals surface area contributed by atoms with Crippen LogP contribution < -0.4 is 23.8 Å². The zero-order chi connectivity index (χ0) is 42.2.